The van der Waals surface area contributed by atoms with Crippen LogP contribution in [-0.4, -0.2) is 16.6 Å². The van der Waals surface area contributed by atoms with Crippen LogP contribution in [0.1, 0.15) is 17.4 Å². The Morgan fingerprint density at radius 3 is 2.83 bits per heavy atom. The summed E-state index contributed by atoms with van der Waals surface area (Å²) in [7, 11) is 3.82. The van der Waals surface area contributed by atoms with Gasteiger partial charge in [-0.3, -0.25) is 0 Å². The predicted octanol–water partition coefficient (Wildman–Crippen LogP) is 2.72. The molecule has 1 atom stereocenters. The number of halogens is 2. The molecule has 1 aromatic heterocycles. The maximum Gasteiger partial charge on any atom is 0.125 e. The van der Waals surface area contributed by atoms with Gasteiger partial charge in [0, 0.05) is 24.5 Å². The summed E-state index contributed by atoms with van der Waals surface area (Å²) < 4.78 is 14.9. The topological polar surface area (TPSA) is 29.9 Å². The van der Waals surface area contributed by atoms with Gasteiger partial charge in [-0.05, 0) is 31.2 Å². The van der Waals surface area contributed by atoms with Gasteiger partial charge in [-0.25, -0.2) is 9.37 Å². The van der Waals surface area contributed by atoms with Crippen LogP contribution >= 0.6 is 11.6 Å². The Balaban J connectivity index is 2.23. The molecule has 0 spiro atoms. The monoisotopic (exact) mass is 267 g/mol. The molecule has 1 unspecified atom stereocenters. The van der Waals surface area contributed by atoms with Crippen LogP contribution < -0.4 is 5.32 Å². The van der Waals surface area contributed by atoms with Crippen LogP contribution in [0.3, 0.4) is 0 Å². The lowest BCUT2D eigenvalue weighted by atomic mass is 10.1. The Morgan fingerprint density at radius 1 is 1.50 bits per heavy atom. The molecule has 0 fully saturated rings. The van der Waals surface area contributed by atoms with Gasteiger partial charge >= 0.3 is 0 Å². The summed E-state index contributed by atoms with van der Waals surface area (Å²) in [6, 6.07) is 4.52. The summed E-state index contributed by atoms with van der Waals surface area (Å²) in [6.07, 6.45) is 4.32. The number of rotatable bonds is 4. The van der Waals surface area contributed by atoms with Gasteiger partial charge in [0.2, 0.25) is 0 Å². The van der Waals surface area contributed by atoms with Crippen molar-refractivity contribution in [2.24, 2.45) is 7.05 Å². The van der Waals surface area contributed by atoms with Crippen LogP contribution in [-0.2, 0) is 13.5 Å². The van der Waals surface area contributed by atoms with E-state index < -0.39 is 0 Å². The molecule has 1 N–H and O–H groups in total. The Labute approximate surface area is 111 Å². The van der Waals surface area contributed by atoms with Gasteiger partial charge in [0.1, 0.15) is 11.6 Å². The van der Waals surface area contributed by atoms with Gasteiger partial charge in [0.05, 0.1) is 6.04 Å². The van der Waals surface area contributed by atoms with Crippen LogP contribution in [0.15, 0.2) is 30.6 Å². The van der Waals surface area contributed by atoms with Crippen molar-refractivity contribution in [3.8, 4) is 0 Å². The average Bonchev–Trinajstić information content (AvgIpc) is 2.75. The van der Waals surface area contributed by atoms with Crippen molar-refractivity contribution in [2.45, 2.75) is 12.5 Å². The van der Waals surface area contributed by atoms with Gasteiger partial charge in [-0.15, -0.1) is 0 Å². The van der Waals surface area contributed by atoms with E-state index in [1.54, 1.807) is 12.3 Å². The lowest BCUT2D eigenvalue weighted by molar-refractivity contribution is 0.537. The van der Waals surface area contributed by atoms with Gasteiger partial charge in [0.15, 0.2) is 0 Å². The van der Waals surface area contributed by atoms with Gasteiger partial charge in [-0.1, -0.05) is 17.7 Å². The summed E-state index contributed by atoms with van der Waals surface area (Å²) in [5.41, 5.74) is 0.903. The summed E-state index contributed by atoms with van der Waals surface area (Å²) in [5, 5.41) is 3.65. The molecule has 18 heavy (non-hydrogen) atoms. The number of benzene rings is 1. The number of hydrogen-bond donors (Lipinski definition) is 1. The molecule has 2 aromatic rings. The molecule has 5 heteroatoms. The third-order valence-corrected chi connectivity index (χ3v) is 3.31. The van der Waals surface area contributed by atoms with Crippen LogP contribution in [0.2, 0.25) is 5.02 Å². The maximum absolute atomic E-state index is 13.0. The second kappa shape index (κ2) is 5.50. The number of likely N-dealkylation sites (N-methyl/N-ethyl adjacent to an activating group) is 1. The zero-order valence-corrected chi connectivity index (χ0v) is 11.1. The van der Waals surface area contributed by atoms with Crippen LogP contribution in [0.25, 0.3) is 0 Å². The first-order valence-electron chi connectivity index (χ1n) is 5.70. The van der Waals surface area contributed by atoms with E-state index >= 15 is 0 Å². The molecule has 1 aromatic carbocycles. The number of hydrogen-bond acceptors (Lipinski definition) is 2. The second-order valence-corrected chi connectivity index (χ2v) is 4.58. The fourth-order valence-electron chi connectivity index (χ4n) is 1.94. The number of aromatic nitrogens is 2. The van der Waals surface area contributed by atoms with Gasteiger partial charge in [0.25, 0.3) is 0 Å². The highest BCUT2D eigenvalue weighted by molar-refractivity contribution is 6.31. The smallest absolute Gasteiger partial charge is 0.125 e. The van der Waals surface area contributed by atoms with E-state index in [2.05, 4.69) is 10.3 Å². The first-order valence-corrected chi connectivity index (χ1v) is 6.08. The molecule has 0 bridgehead atoms. The number of aryl methyl sites for hydroxylation is 1. The van der Waals surface area contributed by atoms with Crippen molar-refractivity contribution < 1.29 is 4.39 Å². The maximum atomic E-state index is 13.0. The Morgan fingerprint density at radius 2 is 2.28 bits per heavy atom. The second-order valence-electron chi connectivity index (χ2n) is 4.18. The molecule has 0 radical (unpaired) electrons. The molecular weight excluding hydrogens is 253 g/mol. The first-order chi connectivity index (χ1) is 8.61. The Kier molecular flexibility index (Phi) is 3.99. The SMILES string of the molecule is CNC(Cc1ccc(F)cc1Cl)c1nccn1C. The van der Waals surface area contributed by atoms with E-state index in [4.69, 9.17) is 11.6 Å². The van der Waals surface area contributed by atoms with E-state index in [1.807, 2.05) is 24.9 Å². The third-order valence-electron chi connectivity index (χ3n) is 2.96. The summed E-state index contributed by atoms with van der Waals surface area (Å²) in [4.78, 5) is 4.31. The van der Waals surface area contributed by atoms with Crippen LogP contribution in [0.4, 0.5) is 4.39 Å². The third kappa shape index (κ3) is 2.71. The fraction of sp³-hybridized carbons (Fsp3) is 0.308. The number of nitrogens with one attached hydrogen (secondary N) is 1. The lowest BCUT2D eigenvalue weighted by Crippen LogP contribution is -2.22. The zero-order valence-electron chi connectivity index (χ0n) is 10.3. The molecule has 96 valence electrons. The molecule has 0 saturated carbocycles. The highest BCUT2D eigenvalue weighted by atomic mass is 35.5. The van der Waals surface area contributed by atoms with Crippen molar-refractivity contribution in [3.05, 3.63) is 52.8 Å². The predicted molar refractivity (Wildman–Crippen MR) is 70.1 cm³/mol. The minimum Gasteiger partial charge on any atom is -0.337 e. The molecular formula is C13H15ClFN3. The zero-order chi connectivity index (χ0) is 13.1. The first kappa shape index (κ1) is 13.1. The van der Waals surface area contributed by atoms with Crippen LogP contribution in [0, 0.1) is 5.82 Å². The Bertz CT molecular complexity index is 539. The summed E-state index contributed by atoms with van der Waals surface area (Å²) in [5.74, 6) is 0.611. The fourth-order valence-corrected chi connectivity index (χ4v) is 2.19. The molecule has 0 saturated heterocycles. The van der Waals surface area contributed by atoms with Crippen molar-refractivity contribution >= 4 is 11.6 Å². The van der Waals surface area contributed by atoms with Crippen molar-refractivity contribution in [3.63, 3.8) is 0 Å². The summed E-state index contributed by atoms with van der Waals surface area (Å²) in [6.45, 7) is 0. The molecule has 1 heterocycles. The summed E-state index contributed by atoms with van der Waals surface area (Å²) >= 11 is 6.04. The highest BCUT2D eigenvalue weighted by Crippen LogP contribution is 2.23. The molecule has 0 aliphatic rings. The van der Waals surface area contributed by atoms with Crippen molar-refractivity contribution in [1.82, 2.24) is 14.9 Å². The number of imidazole rings is 1. The Hall–Kier alpha value is -1.39. The molecule has 2 rings (SSSR count). The largest absolute Gasteiger partial charge is 0.337 e. The van der Waals surface area contributed by atoms with E-state index in [-0.39, 0.29) is 11.9 Å². The molecule has 0 aliphatic carbocycles. The van der Waals surface area contributed by atoms with E-state index in [0.29, 0.717) is 11.4 Å². The standard InChI is InChI=1S/C13H15ClFN3/c1-16-12(13-17-5-6-18(13)2)7-9-3-4-10(15)8-11(9)14/h3-6,8,12,16H,7H2,1-2H3. The minimum atomic E-state index is -0.318. The molecule has 3 nitrogen and oxygen atoms in total. The van der Waals surface area contributed by atoms with Gasteiger partial charge in [-0.2, -0.15) is 0 Å². The average molecular weight is 268 g/mol. The molecule has 0 aliphatic heterocycles. The van der Waals surface area contributed by atoms with Crippen molar-refractivity contribution in [1.29, 1.82) is 0 Å². The highest BCUT2D eigenvalue weighted by Gasteiger charge is 2.16. The minimum absolute atomic E-state index is 0.0490. The van der Waals surface area contributed by atoms with Crippen LogP contribution in [0.5, 0.6) is 0 Å². The number of nitrogens with zero attached hydrogens (tertiary/aromatic N) is 2. The quantitative estimate of drug-likeness (QED) is 0.923. The van der Waals surface area contributed by atoms with E-state index in [0.717, 1.165) is 11.4 Å². The van der Waals surface area contributed by atoms with Gasteiger partial charge < -0.3 is 9.88 Å². The molecule has 0 amide bonds. The lowest BCUT2D eigenvalue weighted by Gasteiger charge is -2.16. The van der Waals surface area contributed by atoms with E-state index in [9.17, 15) is 4.39 Å². The van der Waals surface area contributed by atoms with Crippen molar-refractivity contribution in [2.75, 3.05) is 7.05 Å². The van der Waals surface area contributed by atoms with E-state index in [1.165, 1.54) is 12.1 Å². The normalized spacial score (nSPS) is 12.7.